The van der Waals surface area contributed by atoms with E-state index in [9.17, 15) is 14.8 Å². The van der Waals surface area contributed by atoms with Crippen LogP contribution in [0.4, 0.5) is 4.39 Å². The monoisotopic (exact) mass is 311 g/mol. The van der Waals surface area contributed by atoms with E-state index in [0.29, 0.717) is 28.8 Å². The molecule has 1 saturated carbocycles. The van der Waals surface area contributed by atoms with Crippen molar-refractivity contribution >= 4 is 15.9 Å². The van der Waals surface area contributed by atoms with Crippen LogP contribution in [-0.4, -0.2) is 5.11 Å². The Labute approximate surface area is 115 Å². The molecule has 1 aromatic rings. The molecule has 3 unspecified atom stereocenters. The molecule has 0 saturated heterocycles. The maximum Gasteiger partial charge on any atom is 0.137 e. The number of rotatable bonds is 2. The van der Waals surface area contributed by atoms with Crippen LogP contribution < -0.4 is 0 Å². The Hall–Kier alpha value is -0.920. The van der Waals surface area contributed by atoms with Crippen LogP contribution in [0.25, 0.3) is 0 Å². The summed E-state index contributed by atoms with van der Waals surface area (Å²) in [5.74, 6) is 0.0188. The molecule has 0 radical (unpaired) electrons. The molecule has 0 spiro atoms. The van der Waals surface area contributed by atoms with Crippen molar-refractivity contribution in [3.8, 4) is 6.07 Å². The van der Waals surface area contributed by atoms with Crippen molar-refractivity contribution in [2.45, 2.75) is 32.3 Å². The van der Waals surface area contributed by atoms with Crippen LogP contribution >= 0.6 is 15.9 Å². The van der Waals surface area contributed by atoms with Gasteiger partial charge in [-0.2, -0.15) is 5.26 Å². The van der Waals surface area contributed by atoms with Crippen LogP contribution in [0.1, 0.15) is 37.9 Å². The van der Waals surface area contributed by atoms with E-state index in [1.54, 1.807) is 12.1 Å². The molecule has 1 fully saturated rings. The van der Waals surface area contributed by atoms with E-state index >= 15 is 0 Å². The van der Waals surface area contributed by atoms with Gasteiger partial charge >= 0.3 is 0 Å². The van der Waals surface area contributed by atoms with E-state index in [1.807, 2.05) is 0 Å². The molecule has 3 atom stereocenters. The largest absolute Gasteiger partial charge is 0.387 e. The quantitative estimate of drug-likeness (QED) is 0.898. The van der Waals surface area contributed by atoms with Gasteiger partial charge in [-0.1, -0.05) is 13.0 Å². The molecule has 0 heterocycles. The van der Waals surface area contributed by atoms with Crippen LogP contribution in [0.3, 0.4) is 0 Å². The maximum atomic E-state index is 13.5. The van der Waals surface area contributed by atoms with Gasteiger partial charge in [-0.15, -0.1) is 0 Å². The van der Waals surface area contributed by atoms with Gasteiger partial charge in [-0.3, -0.25) is 0 Å². The second-order valence-corrected chi connectivity index (χ2v) is 6.05. The van der Waals surface area contributed by atoms with Crippen LogP contribution in [0.5, 0.6) is 0 Å². The Morgan fingerprint density at radius 1 is 1.61 bits per heavy atom. The first kappa shape index (κ1) is 13.5. The first-order chi connectivity index (χ1) is 8.48. The normalized spacial score (nSPS) is 28.9. The maximum absolute atomic E-state index is 13.5. The predicted octanol–water partition coefficient (Wildman–Crippen LogP) is 3.95. The van der Waals surface area contributed by atoms with E-state index in [1.165, 1.54) is 6.07 Å². The topological polar surface area (TPSA) is 44.0 Å². The van der Waals surface area contributed by atoms with Gasteiger partial charge in [-0.25, -0.2) is 4.39 Å². The zero-order valence-electron chi connectivity index (χ0n) is 10.2. The third-order valence-corrected chi connectivity index (χ3v) is 4.44. The van der Waals surface area contributed by atoms with Gasteiger partial charge < -0.3 is 5.11 Å². The van der Waals surface area contributed by atoms with Gasteiger partial charge in [0.25, 0.3) is 0 Å². The van der Waals surface area contributed by atoms with Crippen molar-refractivity contribution in [3.63, 3.8) is 0 Å². The average Bonchev–Trinajstić information content (AvgIpc) is 2.75. The van der Waals surface area contributed by atoms with Gasteiger partial charge in [0.05, 0.1) is 22.1 Å². The highest BCUT2D eigenvalue weighted by Crippen LogP contribution is 2.49. The third kappa shape index (κ3) is 2.30. The van der Waals surface area contributed by atoms with E-state index < -0.39 is 17.3 Å². The number of aliphatic hydroxyl groups is 1. The lowest BCUT2D eigenvalue weighted by Gasteiger charge is -2.27. The van der Waals surface area contributed by atoms with E-state index in [-0.39, 0.29) is 0 Å². The van der Waals surface area contributed by atoms with E-state index in [0.717, 1.165) is 6.42 Å². The molecule has 0 aromatic heterocycles. The summed E-state index contributed by atoms with van der Waals surface area (Å²) < 4.78 is 13.9. The molecule has 1 aliphatic rings. The molecule has 2 rings (SSSR count). The minimum absolute atomic E-state index is 0.365. The third-order valence-electron chi connectivity index (χ3n) is 3.80. The molecule has 0 aliphatic heterocycles. The highest BCUT2D eigenvalue weighted by atomic mass is 79.9. The van der Waals surface area contributed by atoms with Gasteiger partial charge in [0.15, 0.2) is 0 Å². The summed E-state index contributed by atoms with van der Waals surface area (Å²) in [5, 5.41) is 19.8. The highest BCUT2D eigenvalue weighted by Gasteiger charge is 2.44. The first-order valence-corrected chi connectivity index (χ1v) is 6.82. The molecule has 0 bridgehead atoms. The fourth-order valence-electron chi connectivity index (χ4n) is 2.74. The van der Waals surface area contributed by atoms with Crippen molar-refractivity contribution < 1.29 is 9.50 Å². The summed E-state index contributed by atoms with van der Waals surface area (Å²) in [6.45, 7) is 2.08. The smallest absolute Gasteiger partial charge is 0.137 e. The number of nitrogens with zero attached hydrogens (tertiary/aromatic N) is 1. The summed E-state index contributed by atoms with van der Waals surface area (Å²) in [5.41, 5.74) is -0.286. The molecule has 0 amide bonds. The minimum atomic E-state index is -0.921. The lowest BCUT2D eigenvalue weighted by Crippen LogP contribution is -2.24. The van der Waals surface area contributed by atoms with Crippen LogP contribution in [0, 0.1) is 28.5 Å². The lowest BCUT2D eigenvalue weighted by molar-refractivity contribution is 0.0644. The van der Waals surface area contributed by atoms with Crippen molar-refractivity contribution in [1.29, 1.82) is 5.26 Å². The molecular weight excluding hydrogens is 297 g/mol. The van der Waals surface area contributed by atoms with E-state index in [2.05, 4.69) is 28.9 Å². The molecule has 96 valence electrons. The predicted molar refractivity (Wildman–Crippen MR) is 70.1 cm³/mol. The molecule has 18 heavy (non-hydrogen) atoms. The fraction of sp³-hybridized carbons (Fsp3) is 0.500. The minimum Gasteiger partial charge on any atom is -0.387 e. The van der Waals surface area contributed by atoms with Crippen LogP contribution in [0.2, 0.25) is 0 Å². The Balaban J connectivity index is 2.32. The lowest BCUT2D eigenvalue weighted by atomic mass is 9.78. The number of aliphatic hydroxyl groups excluding tert-OH is 1. The summed E-state index contributed by atoms with van der Waals surface area (Å²) in [7, 11) is 0. The first-order valence-electron chi connectivity index (χ1n) is 6.03. The molecule has 1 aromatic carbocycles. The number of hydrogen-bond acceptors (Lipinski definition) is 2. The van der Waals surface area contributed by atoms with Gasteiger partial charge in [0.1, 0.15) is 5.82 Å². The summed E-state index contributed by atoms with van der Waals surface area (Å²) in [6.07, 6.45) is 1.35. The molecule has 1 N–H and O–H groups in total. The Morgan fingerprint density at radius 3 is 2.83 bits per heavy atom. The Morgan fingerprint density at radius 2 is 2.33 bits per heavy atom. The zero-order valence-corrected chi connectivity index (χ0v) is 11.7. The number of nitriles is 1. The second-order valence-electron chi connectivity index (χ2n) is 5.19. The fourth-order valence-corrected chi connectivity index (χ4v) is 2.99. The average molecular weight is 312 g/mol. The molecule has 2 nitrogen and oxygen atoms in total. The number of benzene rings is 1. The summed E-state index contributed by atoms with van der Waals surface area (Å²) in [6, 6.07) is 6.79. The number of halogens is 2. The zero-order chi connectivity index (χ0) is 13.3. The Bertz CT molecular complexity index is 499. The van der Waals surface area contributed by atoms with Crippen LogP contribution in [0.15, 0.2) is 22.7 Å². The molecule has 1 aliphatic carbocycles. The standard InChI is InChI=1S/C14H15BrFNO/c1-9-4-5-14(7-9,8-17)13(18)10-2-3-11(15)12(16)6-10/h2-3,6,9,13,18H,4-5,7H2,1H3. The summed E-state index contributed by atoms with van der Waals surface area (Å²) in [4.78, 5) is 0. The highest BCUT2D eigenvalue weighted by molar-refractivity contribution is 9.10. The van der Waals surface area contributed by atoms with Crippen molar-refractivity contribution in [2.75, 3.05) is 0 Å². The van der Waals surface area contributed by atoms with Crippen molar-refractivity contribution in [2.24, 2.45) is 11.3 Å². The SMILES string of the molecule is CC1CCC(C#N)(C(O)c2ccc(Br)c(F)c2)C1. The second kappa shape index (κ2) is 4.99. The van der Waals surface area contributed by atoms with Gasteiger partial charge in [0.2, 0.25) is 0 Å². The van der Waals surface area contributed by atoms with Gasteiger partial charge in [0, 0.05) is 0 Å². The van der Waals surface area contributed by atoms with Crippen molar-refractivity contribution in [1.82, 2.24) is 0 Å². The van der Waals surface area contributed by atoms with Crippen LogP contribution in [-0.2, 0) is 0 Å². The number of hydrogen-bond donors (Lipinski definition) is 1. The van der Waals surface area contributed by atoms with E-state index in [4.69, 9.17) is 0 Å². The van der Waals surface area contributed by atoms with Gasteiger partial charge in [-0.05, 0) is 58.8 Å². The summed E-state index contributed by atoms with van der Waals surface area (Å²) >= 11 is 3.08. The molecular formula is C14H15BrFNO. The Kier molecular flexibility index (Phi) is 3.74. The van der Waals surface area contributed by atoms with Crippen molar-refractivity contribution in [3.05, 3.63) is 34.1 Å². The molecule has 4 heteroatoms.